The van der Waals surface area contributed by atoms with Crippen LogP contribution >= 0.6 is 0 Å². The first-order chi connectivity index (χ1) is 11.3. The van der Waals surface area contributed by atoms with E-state index in [1.165, 1.54) is 11.1 Å². The molecule has 0 heterocycles. The number of fused-ring (bicyclic) bond motifs is 5. The van der Waals surface area contributed by atoms with Crippen LogP contribution in [0.4, 0.5) is 0 Å². The number of phenols is 1. The molecule has 2 N–H and O–H groups in total. The van der Waals surface area contributed by atoms with Crippen molar-refractivity contribution >= 4 is 10.4 Å². The zero-order chi connectivity index (χ0) is 17.1. The fourth-order valence-electron chi connectivity index (χ4n) is 5.83. The third-order valence-electron chi connectivity index (χ3n) is 6.86. The lowest BCUT2D eigenvalue weighted by Gasteiger charge is -2.50. The van der Waals surface area contributed by atoms with Crippen LogP contribution in [0.5, 0.6) is 5.75 Å². The monoisotopic (exact) mass is 352 g/mol. The van der Waals surface area contributed by atoms with E-state index in [2.05, 4.69) is 13.0 Å². The number of hydrogen-bond donors (Lipinski definition) is 2. The summed E-state index contributed by atoms with van der Waals surface area (Å²) in [6, 6.07) is 5.72. The second kappa shape index (κ2) is 5.44. The average molecular weight is 352 g/mol. The van der Waals surface area contributed by atoms with Crippen LogP contribution < -0.4 is 0 Å². The lowest BCUT2D eigenvalue weighted by Crippen LogP contribution is -2.45. The lowest BCUT2D eigenvalue weighted by molar-refractivity contribution is -0.0121. The highest BCUT2D eigenvalue weighted by atomic mass is 32.3. The van der Waals surface area contributed by atoms with Gasteiger partial charge in [-0.3, -0.25) is 4.55 Å². The van der Waals surface area contributed by atoms with E-state index in [1.807, 2.05) is 6.07 Å². The first-order valence-corrected chi connectivity index (χ1v) is 10.1. The maximum atomic E-state index is 11.2. The Morgan fingerprint density at radius 2 is 2.00 bits per heavy atom. The van der Waals surface area contributed by atoms with E-state index < -0.39 is 16.5 Å². The van der Waals surface area contributed by atoms with Crippen LogP contribution in [0.2, 0.25) is 0 Å². The zero-order valence-corrected chi connectivity index (χ0v) is 14.6. The molecule has 0 amide bonds. The Morgan fingerprint density at radius 1 is 1.21 bits per heavy atom. The number of hydrogen-bond acceptors (Lipinski definition) is 4. The topological polar surface area (TPSA) is 83.8 Å². The number of aromatic hydroxyl groups is 1. The normalized spacial score (nSPS) is 38.2. The summed E-state index contributed by atoms with van der Waals surface area (Å²) in [5.74, 6) is 1.76. The van der Waals surface area contributed by atoms with Gasteiger partial charge in [-0.05, 0) is 85.0 Å². The highest BCUT2D eigenvalue weighted by molar-refractivity contribution is 7.80. The molecule has 5 atom stereocenters. The summed E-state index contributed by atoms with van der Waals surface area (Å²) in [7, 11) is -4.41. The van der Waals surface area contributed by atoms with Crippen LogP contribution in [0.1, 0.15) is 56.1 Å². The van der Waals surface area contributed by atoms with Crippen molar-refractivity contribution in [2.75, 3.05) is 0 Å². The van der Waals surface area contributed by atoms with E-state index in [-0.39, 0.29) is 5.41 Å². The maximum Gasteiger partial charge on any atom is 0.397 e. The molecule has 0 aromatic heterocycles. The number of benzene rings is 1. The number of aryl methyl sites for hydroxylation is 1. The minimum Gasteiger partial charge on any atom is -0.508 e. The fraction of sp³-hybridized carbons (Fsp3) is 0.667. The summed E-state index contributed by atoms with van der Waals surface area (Å²) >= 11 is 0. The van der Waals surface area contributed by atoms with Gasteiger partial charge in [-0.25, -0.2) is 4.18 Å². The first kappa shape index (κ1) is 16.4. The molecule has 5 nitrogen and oxygen atoms in total. The van der Waals surface area contributed by atoms with Crippen molar-refractivity contribution < 1.29 is 22.3 Å². The van der Waals surface area contributed by atoms with Gasteiger partial charge in [0.1, 0.15) is 5.75 Å². The molecule has 24 heavy (non-hydrogen) atoms. The van der Waals surface area contributed by atoms with E-state index >= 15 is 0 Å². The van der Waals surface area contributed by atoms with Crippen LogP contribution in [0.3, 0.4) is 0 Å². The minimum absolute atomic E-state index is 0.189. The molecule has 0 aliphatic heterocycles. The molecule has 1 aromatic rings. The summed E-state index contributed by atoms with van der Waals surface area (Å²) in [5.41, 5.74) is 2.42. The summed E-state index contributed by atoms with van der Waals surface area (Å²) in [6.45, 7) is 2.13. The third-order valence-corrected chi connectivity index (χ3v) is 7.34. The second-order valence-corrected chi connectivity index (χ2v) is 8.98. The Bertz CT molecular complexity index is 759. The van der Waals surface area contributed by atoms with Gasteiger partial charge in [-0.15, -0.1) is 0 Å². The van der Waals surface area contributed by atoms with Gasteiger partial charge in [-0.2, -0.15) is 8.42 Å². The van der Waals surface area contributed by atoms with Gasteiger partial charge < -0.3 is 5.11 Å². The quantitative estimate of drug-likeness (QED) is 0.797. The Labute approximate surface area is 143 Å². The fourth-order valence-corrected chi connectivity index (χ4v) is 6.44. The van der Waals surface area contributed by atoms with Crippen molar-refractivity contribution in [1.82, 2.24) is 0 Å². The Hall–Kier alpha value is -1.11. The first-order valence-electron chi connectivity index (χ1n) is 8.75. The van der Waals surface area contributed by atoms with Gasteiger partial charge >= 0.3 is 10.4 Å². The molecule has 1 aromatic carbocycles. The molecule has 0 spiro atoms. The van der Waals surface area contributed by atoms with Gasteiger partial charge in [0.15, 0.2) is 0 Å². The number of rotatable bonds is 2. The second-order valence-electron chi connectivity index (χ2n) is 7.93. The summed E-state index contributed by atoms with van der Waals surface area (Å²) in [6.07, 6.45) is 5.15. The third kappa shape index (κ3) is 2.55. The van der Waals surface area contributed by atoms with E-state index in [0.717, 1.165) is 32.1 Å². The van der Waals surface area contributed by atoms with Crippen LogP contribution in [0.25, 0.3) is 0 Å². The molecule has 0 bridgehead atoms. The van der Waals surface area contributed by atoms with Gasteiger partial charge in [0.25, 0.3) is 0 Å². The van der Waals surface area contributed by atoms with Crippen LogP contribution in [0, 0.1) is 17.3 Å². The SMILES string of the molecule is C[C@]12CC[C@@H]3c4ccc(O)cc4CCC3[C@@H]1CC[C@@H]2OS(=O)(=O)O. The van der Waals surface area contributed by atoms with E-state index in [4.69, 9.17) is 8.74 Å². The minimum atomic E-state index is -4.41. The molecular formula is C18H24O5S. The molecule has 6 heteroatoms. The highest BCUT2D eigenvalue weighted by Gasteiger charge is 2.56. The summed E-state index contributed by atoms with van der Waals surface area (Å²) < 4.78 is 36.5. The van der Waals surface area contributed by atoms with Crippen molar-refractivity contribution in [3.05, 3.63) is 29.3 Å². The smallest absolute Gasteiger partial charge is 0.397 e. The van der Waals surface area contributed by atoms with Crippen molar-refractivity contribution in [3.63, 3.8) is 0 Å². The molecule has 3 aliphatic carbocycles. The Morgan fingerprint density at radius 3 is 2.75 bits per heavy atom. The van der Waals surface area contributed by atoms with Gasteiger partial charge in [0.2, 0.25) is 0 Å². The highest BCUT2D eigenvalue weighted by Crippen LogP contribution is 2.61. The van der Waals surface area contributed by atoms with Crippen LogP contribution in [0.15, 0.2) is 18.2 Å². The summed E-state index contributed by atoms with van der Waals surface area (Å²) in [5, 5.41) is 9.72. The van der Waals surface area contributed by atoms with Crippen molar-refractivity contribution in [3.8, 4) is 5.75 Å². The summed E-state index contributed by atoms with van der Waals surface area (Å²) in [4.78, 5) is 0. The molecule has 1 unspecified atom stereocenters. The predicted octanol–water partition coefficient (Wildman–Crippen LogP) is 3.44. The molecule has 132 valence electrons. The van der Waals surface area contributed by atoms with Crippen LogP contribution in [-0.4, -0.2) is 24.2 Å². The molecule has 0 saturated heterocycles. The largest absolute Gasteiger partial charge is 0.508 e. The van der Waals surface area contributed by atoms with E-state index in [1.54, 1.807) is 6.07 Å². The molecule has 2 saturated carbocycles. The Balaban J connectivity index is 1.63. The van der Waals surface area contributed by atoms with E-state index in [9.17, 15) is 13.5 Å². The van der Waals surface area contributed by atoms with Crippen molar-refractivity contribution in [2.24, 2.45) is 17.3 Å². The average Bonchev–Trinajstić information content (AvgIpc) is 2.82. The van der Waals surface area contributed by atoms with E-state index in [0.29, 0.717) is 29.9 Å². The van der Waals surface area contributed by atoms with Gasteiger partial charge in [0, 0.05) is 0 Å². The number of phenolic OH excluding ortho intramolecular Hbond substituents is 1. The Kier molecular flexibility index (Phi) is 3.71. The van der Waals surface area contributed by atoms with Crippen LogP contribution in [-0.2, 0) is 21.0 Å². The van der Waals surface area contributed by atoms with Gasteiger partial charge in [0.05, 0.1) is 6.10 Å². The molecule has 4 rings (SSSR count). The molecule has 3 aliphatic rings. The zero-order valence-electron chi connectivity index (χ0n) is 13.8. The van der Waals surface area contributed by atoms with Crippen molar-refractivity contribution in [2.45, 2.75) is 57.5 Å². The van der Waals surface area contributed by atoms with Crippen molar-refractivity contribution in [1.29, 1.82) is 0 Å². The lowest BCUT2D eigenvalue weighted by atomic mass is 9.55. The standard InChI is InChI=1S/C18H24O5S/c1-18-9-8-14-13-5-3-12(19)10-11(13)2-4-15(14)16(18)6-7-17(18)23-24(20,21)22/h3,5,10,14-17,19H,2,4,6-9H2,1H3,(H,20,21,22)/t14-,15?,16+,17+,18+/m1/s1. The molecule has 2 fully saturated rings. The van der Waals surface area contributed by atoms with Gasteiger partial charge in [-0.1, -0.05) is 13.0 Å². The predicted molar refractivity (Wildman–Crippen MR) is 89.1 cm³/mol. The molecular weight excluding hydrogens is 328 g/mol. The maximum absolute atomic E-state index is 11.2. The molecule has 0 radical (unpaired) electrons.